The summed E-state index contributed by atoms with van der Waals surface area (Å²) in [5.74, 6) is -1.20. The van der Waals surface area contributed by atoms with Crippen molar-refractivity contribution in [1.82, 2.24) is 10.2 Å². The van der Waals surface area contributed by atoms with E-state index in [1.807, 2.05) is 26.8 Å². The smallest absolute Gasteiger partial charge is 0.264 e. The van der Waals surface area contributed by atoms with Crippen LogP contribution in [0.5, 0.6) is 0 Å². The number of rotatable bonds is 11. The van der Waals surface area contributed by atoms with Crippen LogP contribution in [0.3, 0.4) is 0 Å². The van der Waals surface area contributed by atoms with Crippen molar-refractivity contribution in [2.45, 2.75) is 76.4 Å². The molecule has 0 heterocycles. The summed E-state index contributed by atoms with van der Waals surface area (Å²) in [5.41, 5.74) is 2.65. The standard InChI is InChI=1S/C32H38FN3O4S/c1-4-29(32(38)34-27-12-8-9-13-27)35(21-25-17-19-26(33)20-18-25)31(37)22-36(30-16-10-11-23(2)24(30)3)41(39,40)28-14-6-5-7-15-28/h5-7,10-11,14-20,27,29H,4,8-9,12-13,21-22H2,1-3H3,(H,34,38)/t29-/m1/s1. The van der Waals surface area contributed by atoms with Crippen LogP contribution in [0.2, 0.25) is 0 Å². The van der Waals surface area contributed by atoms with Gasteiger partial charge in [0.05, 0.1) is 10.6 Å². The van der Waals surface area contributed by atoms with Gasteiger partial charge < -0.3 is 10.2 Å². The fraction of sp³-hybridized carbons (Fsp3) is 0.375. The van der Waals surface area contributed by atoms with E-state index < -0.39 is 34.3 Å². The first-order chi connectivity index (χ1) is 19.6. The number of sulfonamides is 1. The highest BCUT2D eigenvalue weighted by Crippen LogP contribution is 2.29. The first-order valence-corrected chi connectivity index (χ1v) is 15.5. The summed E-state index contributed by atoms with van der Waals surface area (Å²) in [6.07, 6.45) is 4.21. The first-order valence-electron chi connectivity index (χ1n) is 14.1. The quantitative estimate of drug-likeness (QED) is 0.325. The van der Waals surface area contributed by atoms with Crippen molar-refractivity contribution in [3.8, 4) is 0 Å². The lowest BCUT2D eigenvalue weighted by molar-refractivity contribution is -0.140. The van der Waals surface area contributed by atoms with E-state index in [-0.39, 0.29) is 23.4 Å². The summed E-state index contributed by atoms with van der Waals surface area (Å²) < 4.78 is 42.8. The van der Waals surface area contributed by atoms with E-state index in [0.29, 0.717) is 17.7 Å². The van der Waals surface area contributed by atoms with Crippen molar-refractivity contribution >= 4 is 27.5 Å². The van der Waals surface area contributed by atoms with Crippen molar-refractivity contribution < 1.29 is 22.4 Å². The topological polar surface area (TPSA) is 86.8 Å². The number of anilines is 1. The minimum Gasteiger partial charge on any atom is -0.352 e. The van der Waals surface area contributed by atoms with Gasteiger partial charge in [-0.3, -0.25) is 13.9 Å². The maximum Gasteiger partial charge on any atom is 0.264 e. The van der Waals surface area contributed by atoms with Crippen LogP contribution < -0.4 is 9.62 Å². The molecule has 0 spiro atoms. The van der Waals surface area contributed by atoms with Crippen LogP contribution in [0, 0.1) is 19.7 Å². The molecule has 1 aliphatic carbocycles. The lowest BCUT2D eigenvalue weighted by atomic mass is 10.1. The Balaban J connectivity index is 1.73. The molecule has 0 saturated heterocycles. The Morgan fingerprint density at radius 3 is 2.24 bits per heavy atom. The molecule has 9 heteroatoms. The molecule has 3 aromatic carbocycles. The Kier molecular flexibility index (Phi) is 9.81. The monoisotopic (exact) mass is 579 g/mol. The van der Waals surface area contributed by atoms with Gasteiger partial charge in [-0.05, 0) is 80.1 Å². The van der Waals surface area contributed by atoms with Crippen molar-refractivity contribution in [3.63, 3.8) is 0 Å². The van der Waals surface area contributed by atoms with Gasteiger partial charge in [-0.2, -0.15) is 0 Å². The van der Waals surface area contributed by atoms with E-state index >= 15 is 0 Å². The Bertz CT molecular complexity index is 1460. The van der Waals surface area contributed by atoms with Gasteiger partial charge in [-0.1, -0.05) is 62.2 Å². The molecule has 1 saturated carbocycles. The SMILES string of the molecule is CC[C@H](C(=O)NC1CCCC1)N(Cc1ccc(F)cc1)C(=O)CN(c1cccc(C)c1C)S(=O)(=O)c1ccccc1. The van der Waals surface area contributed by atoms with Crippen LogP contribution >= 0.6 is 0 Å². The Morgan fingerprint density at radius 2 is 1.61 bits per heavy atom. The zero-order valence-corrected chi connectivity index (χ0v) is 24.7. The van der Waals surface area contributed by atoms with Gasteiger partial charge in [0, 0.05) is 12.6 Å². The molecule has 0 unspecified atom stereocenters. The van der Waals surface area contributed by atoms with E-state index in [4.69, 9.17) is 0 Å². The Labute approximate surface area is 242 Å². The summed E-state index contributed by atoms with van der Waals surface area (Å²) in [6, 6.07) is 18.3. The molecule has 1 N–H and O–H groups in total. The minimum absolute atomic E-state index is 0.0295. The molecule has 1 atom stereocenters. The predicted octanol–water partition coefficient (Wildman–Crippen LogP) is 5.50. The number of nitrogens with one attached hydrogen (secondary N) is 1. The predicted molar refractivity (Wildman–Crippen MR) is 158 cm³/mol. The van der Waals surface area contributed by atoms with Crippen molar-refractivity contribution in [2.24, 2.45) is 0 Å². The van der Waals surface area contributed by atoms with E-state index in [2.05, 4.69) is 5.32 Å². The second-order valence-corrected chi connectivity index (χ2v) is 12.5. The summed E-state index contributed by atoms with van der Waals surface area (Å²) in [4.78, 5) is 29.2. The van der Waals surface area contributed by atoms with Crippen molar-refractivity contribution in [1.29, 1.82) is 0 Å². The molecule has 0 radical (unpaired) electrons. The van der Waals surface area contributed by atoms with Gasteiger partial charge in [0.2, 0.25) is 11.8 Å². The Morgan fingerprint density at radius 1 is 0.951 bits per heavy atom. The molecule has 3 aromatic rings. The van der Waals surface area contributed by atoms with Gasteiger partial charge in [0.1, 0.15) is 18.4 Å². The van der Waals surface area contributed by atoms with Gasteiger partial charge in [-0.25, -0.2) is 12.8 Å². The van der Waals surface area contributed by atoms with Crippen LogP contribution in [0.4, 0.5) is 10.1 Å². The molecule has 0 bridgehead atoms. The van der Waals surface area contributed by atoms with Crippen LogP contribution in [0.15, 0.2) is 77.7 Å². The van der Waals surface area contributed by atoms with E-state index in [9.17, 15) is 22.4 Å². The van der Waals surface area contributed by atoms with E-state index in [0.717, 1.165) is 41.1 Å². The molecular weight excluding hydrogens is 541 g/mol. The molecule has 0 aromatic heterocycles. The zero-order chi connectivity index (χ0) is 29.6. The molecule has 1 fully saturated rings. The summed E-state index contributed by atoms with van der Waals surface area (Å²) >= 11 is 0. The second kappa shape index (κ2) is 13.3. The summed E-state index contributed by atoms with van der Waals surface area (Å²) in [5, 5.41) is 3.09. The number of carbonyl (C=O) groups excluding carboxylic acids is 2. The molecule has 7 nitrogen and oxygen atoms in total. The maximum atomic E-state index is 14.2. The van der Waals surface area contributed by atoms with Crippen molar-refractivity contribution in [3.05, 3.63) is 95.3 Å². The van der Waals surface area contributed by atoms with Gasteiger partial charge >= 0.3 is 0 Å². The number of nitrogens with zero attached hydrogens (tertiary/aromatic N) is 2. The molecule has 41 heavy (non-hydrogen) atoms. The Hall–Kier alpha value is -3.72. The van der Waals surface area contributed by atoms with Crippen LogP contribution in [0.1, 0.15) is 55.7 Å². The number of benzene rings is 3. The van der Waals surface area contributed by atoms with Gasteiger partial charge in [0.15, 0.2) is 0 Å². The molecular formula is C32H38FN3O4S. The highest BCUT2D eigenvalue weighted by atomic mass is 32.2. The third-order valence-electron chi connectivity index (χ3n) is 7.81. The molecule has 4 rings (SSSR count). The number of hydrogen-bond donors (Lipinski definition) is 1. The van der Waals surface area contributed by atoms with E-state index in [1.165, 1.54) is 29.2 Å². The third-order valence-corrected chi connectivity index (χ3v) is 9.58. The number of amides is 2. The number of hydrogen-bond acceptors (Lipinski definition) is 4. The van der Waals surface area contributed by atoms with Crippen LogP contribution in [-0.4, -0.2) is 43.8 Å². The molecule has 2 amide bonds. The highest BCUT2D eigenvalue weighted by molar-refractivity contribution is 7.92. The van der Waals surface area contributed by atoms with Gasteiger partial charge in [-0.15, -0.1) is 0 Å². The lowest BCUT2D eigenvalue weighted by Gasteiger charge is -2.34. The highest BCUT2D eigenvalue weighted by Gasteiger charge is 2.35. The van der Waals surface area contributed by atoms with Gasteiger partial charge in [0.25, 0.3) is 10.0 Å². The maximum absolute atomic E-state index is 14.2. The van der Waals surface area contributed by atoms with Crippen molar-refractivity contribution in [2.75, 3.05) is 10.8 Å². The zero-order valence-electron chi connectivity index (χ0n) is 23.8. The average Bonchev–Trinajstić information content (AvgIpc) is 3.47. The van der Waals surface area contributed by atoms with Crippen LogP contribution in [-0.2, 0) is 26.2 Å². The normalized spacial score (nSPS) is 14.4. The molecule has 0 aliphatic heterocycles. The number of aryl methyl sites for hydroxylation is 1. The molecule has 1 aliphatic rings. The third kappa shape index (κ3) is 7.14. The summed E-state index contributed by atoms with van der Waals surface area (Å²) in [6.45, 7) is 5.06. The first kappa shape index (κ1) is 30.2. The summed E-state index contributed by atoms with van der Waals surface area (Å²) in [7, 11) is -4.14. The number of carbonyl (C=O) groups is 2. The van der Waals surface area contributed by atoms with Crippen LogP contribution in [0.25, 0.3) is 0 Å². The fourth-order valence-electron chi connectivity index (χ4n) is 5.31. The number of halogens is 1. The minimum atomic E-state index is -4.14. The van der Waals surface area contributed by atoms with E-state index in [1.54, 1.807) is 42.5 Å². The molecule has 218 valence electrons. The fourth-order valence-corrected chi connectivity index (χ4v) is 6.81. The largest absolute Gasteiger partial charge is 0.352 e. The average molecular weight is 580 g/mol. The lowest BCUT2D eigenvalue weighted by Crippen LogP contribution is -2.53. The second-order valence-electron chi connectivity index (χ2n) is 10.6.